The molecule has 1 aliphatic rings. The molecule has 0 bridgehead atoms. The van der Waals surface area contributed by atoms with Crippen molar-refractivity contribution < 1.29 is 14.3 Å². The van der Waals surface area contributed by atoms with E-state index in [4.69, 9.17) is 9.47 Å². The summed E-state index contributed by atoms with van der Waals surface area (Å²) in [6.07, 6.45) is -0.490. The summed E-state index contributed by atoms with van der Waals surface area (Å²) in [6, 6.07) is 0.519. The number of hydrogen-bond acceptors (Lipinski definition) is 4. The van der Waals surface area contributed by atoms with Gasteiger partial charge < -0.3 is 9.47 Å². The molecule has 0 amide bonds. The Bertz CT molecular complexity index is 263. The van der Waals surface area contributed by atoms with Gasteiger partial charge in [0.15, 0.2) is 6.10 Å². The molecule has 0 saturated carbocycles. The van der Waals surface area contributed by atoms with Crippen molar-refractivity contribution in [2.45, 2.75) is 45.9 Å². The first-order chi connectivity index (χ1) is 7.35. The number of methoxy groups -OCH3 is 2. The Morgan fingerprint density at radius 3 is 2.25 bits per heavy atom. The van der Waals surface area contributed by atoms with E-state index in [0.29, 0.717) is 6.04 Å². The molecular weight excluding hydrogens is 206 g/mol. The summed E-state index contributed by atoms with van der Waals surface area (Å²) in [5.74, 6) is -0.286. The summed E-state index contributed by atoms with van der Waals surface area (Å²) < 4.78 is 10.1. The average Bonchev–Trinajstić information content (AvgIpc) is 2.21. The van der Waals surface area contributed by atoms with E-state index < -0.39 is 6.10 Å². The number of rotatable bonds is 4. The van der Waals surface area contributed by atoms with Crippen molar-refractivity contribution in [1.29, 1.82) is 0 Å². The predicted octanol–water partition coefficient (Wildman–Crippen LogP) is 1.29. The van der Waals surface area contributed by atoms with Gasteiger partial charge in [0.2, 0.25) is 0 Å². The normalized spacial score (nSPS) is 26.3. The number of likely N-dealkylation sites (tertiary alicyclic amines) is 1. The Labute approximate surface area is 97.9 Å². The first-order valence-electron chi connectivity index (χ1n) is 5.71. The molecule has 1 fully saturated rings. The lowest BCUT2D eigenvalue weighted by molar-refractivity contribution is -0.178. The molecule has 0 spiro atoms. The number of carbonyl (C=O) groups excluding carboxylic acids is 1. The van der Waals surface area contributed by atoms with E-state index >= 15 is 0 Å². The first-order valence-corrected chi connectivity index (χ1v) is 5.71. The van der Waals surface area contributed by atoms with Gasteiger partial charge in [0.05, 0.1) is 13.2 Å². The third-order valence-corrected chi connectivity index (χ3v) is 3.39. The van der Waals surface area contributed by atoms with Gasteiger partial charge in [-0.15, -0.1) is 0 Å². The van der Waals surface area contributed by atoms with Crippen LogP contribution in [0.5, 0.6) is 0 Å². The molecule has 0 aromatic carbocycles. The van der Waals surface area contributed by atoms with Crippen molar-refractivity contribution in [3.8, 4) is 0 Å². The Hall–Kier alpha value is -0.610. The van der Waals surface area contributed by atoms with E-state index in [-0.39, 0.29) is 17.4 Å². The minimum Gasteiger partial charge on any atom is -0.467 e. The summed E-state index contributed by atoms with van der Waals surface area (Å²) >= 11 is 0. The summed E-state index contributed by atoms with van der Waals surface area (Å²) in [5, 5.41) is 0. The van der Waals surface area contributed by atoms with E-state index in [1.54, 1.807) is 7.11 Å². The maximum absolute atomic E-state index is 11.7. The van der Waals surface area contributed by atoms with Crippen LogP contribution in [-0.4, -0.2) is 49.8 Å². The van der Waals surface area contributed by atoms with Crippen LogP contribution in [0.4, 0.5) is 0 Å². The van der Waals surface area contributed by atoms with Gasteiger partial charge in [-0.1, -0.05) is 13.8 Å². The fraction of sp³-hybridized carbons (Fsp3) is 0.917. The predicted molar refractivity (Wildman–Crippen MR) is 62.2 cm³/mol. The van der Waals surface area contributed by atoms with Crippen LogP contribution >= 0.6 is 0 Å². The Balaban J connectivity index is 2.84. The minimum atomic E-state index is -0.490. The molecule has 4 nitrogen and oxygen atoms in total. The molecule has 0 N–H and O–H groups in total. The molecular formula is C12H23NO3. The zero-order valence-electron chi connectivity index (χ0n) is 11.1. The van der Waals surface area contributed by atoms with Gasteiger partial charge in [0.1, 0.15) is 0 Å². The largest absolute Gasteiger partial charge is 0.467 e. The van der Waals surface area contributed by atoms with Crippen LogP contribution in [0.15, 0.2) is 0 Å². The highest BCUT2D eigenvalue weighted by Gasteiger charge is 2.53. The maximum atomic E-state index is 11.7. The van der Waals surface area contributed by atoms with Crippen molar-refractivity contribution in [3.63, 3.8) is 0 Å². The van der Waals surface area contributed by atoms with Crippen LogP contribution in [0.25, 0.3) is 0 Å². The fourth-order valence-electron chi connectivity index (χ4n) is 2.56. The Morgan fingerprint density at radius 1 is 1.38 bits per heavy atom. The van der Waals surface area contributed by atoms with Crippen LogP contribution in [0.1, 0.15) is 27.7 Å². The highest BCUT2D eigenvalue weighted by Crippen LogP contribution is 2.41. The van der Waals surface area contributed by atoms with Gasteiger partial charge in [-0.25, -0.2) is 4.79 Å². The van der Waals surface area contributed by atoms with Gasteiger partial charge in [0.25, 0.3) is 0 Å². The molecule has 0 aliphatic carbocycles. The van der Waals surface area contributed by atoms with Crippen molar-refractivity contribution in [1.82, 2.24) is 4.90 Å². The number of esters is 1. The standard InChI is InChI=1S/C12H23NO3/c1-8(2)13-7-12(3,4)10(13)9(15-5)11(14)16-6/h8-10H,7H2,1-6H3/t9-,10-/m0/s1. The van der Waals surface area contributed by atoms with Crippen LogP contribution in [0.3, 0.4) is 0 Å². The monoisotopic (exact) mass is 229 g/mol. The smallest absolute Gasteiger partial charge is 0.336 e. The van der Waals surface area contributed by atoms with Crippen molar-refractivity contribution in [2.75, 3.05) is 20.8 Å². The molecule has 4 heteroatoms. The lowest BCUT2D eigenvalue weighted by Crippen LogP contribution is -2.70. The molecule has 0 unspecified atom stereocenters. The van der Waals surface area contributed by atoms with Crippen LogP contribution in [0.2, 0.25) is 0 Å². The quantitative estimate of drug-likeness (QED) is 0.681. The van der Waals surface area contributed by atoms with Crippen molar-refractivity contribution >= 4 is 5.97 Å². The first kappa shape index (κ1) is 13.5. The summed E-state index contributed by atoms with van der Waals surface area (Å²) in [5.41, 5.74) is 0.0964. The number of ether oxygens (including phenoxy) is 2. The second-order valence-electron chi connectivity index (χ2n) is 5.38. The minimum absolute atomic E-state index is 0.0964. The van der Waals surface area contributed by atoms with E-state index in [2.05, 4.69) is 32.6 Å². The van der Waals surface area contributed by atoms with E-state index in [1.807, 2.05) is 0 Å². The van der Waals surface area contributed by atoms with Gasteiger partial charge in [-0.2, -0.15) is 0 Å². The summed E-state index contributed by atoms with van der Waals surface area (Å²) in [6.45, 7) is 9.57. The molecule has 1 saturated heterocycles. The molecule has 1 heterocycles. The molecule has 2 atom stereocenters. The number of carbonyl (C=O) groups is 1. The van der Waals surface area contributed by atoms with Gasteiger partial charge in [-0.3, -0.25) is 4.90 Å². The zero-order valence-corrected chi connectivity index (χ0v) is 11.1. The molecule has 0 aromatic rings. The fourth-order valence-corrected chi connectivity index (χ4v) is 2.56. The van der Waals surface area contributed by atoms with Crippen LogP contribution < -0.4 is 0 Å². The van der Waals surface area contributed by atoms with Gasteiger partial charge >= 0.3 is 5.97 Å². The topological polar surface area (TPSA) is 38.8 Å². The summed E-state index contributed by atoms with van der Waals surface area (Å²) in [7, 11) is 2.97. The zero-order chi connectivity index (χ0) is 12.5. The van der Waals surface area contributed by atoms with Crippen molar-refractivity contribution in [3.05, 3.63) is 0 Å². The maximum Gasteiger partial charge on any atom is 0.336 e. The highest BCUT2D eigenvalue weighted by molar-refractivity contribution is 5.76. The molecule has 1 rings (SSSR count). The molecule has 0 aromatic heterocycles. The highest BCUT2D eigenvalue weighted by atomic mass is 16.6. The van der Waals surface area contributed by atoms with E-state index in [1.165, 1.54) is 7.11 Å². The Morgan fingerprint density at radius 2 is 1.94 bits per heavy atom. The van der Waals surface area contributed by atoms with Gasteiger partial charge in [-0.05, 0) is 19.3 Å². The molecule has 0 radical (unpaired) electrons. The second-order valence-corrected chi connectivity index (χ2v) is 5.38. The van der Waals surface area contributed by atoms with Gasteiger partial charge in [0, 0.05) is 19.7 Å². The third kappa shape index (κ3) is 2.23. The van der Waals surface area contributed by atoms with E-state index in [0.717, 1.165) is 6.54 Å². The van der Waals surface area contributed by atoms with Crippen molar-refractivity contribution in [2.24, 2.45) is 5.41 Å². The second kappa shape index (κ2) is 4.72. The van der Waals surface area contributed by atoms with E-state index in [9.17, 15) is 4.79 Å². The number of hydrogen-bond donors (Lipinski definition) is 0. The summed E-state index contributed by atoms with van der Waals surface area (Å²) in [4.78, 5) is 13.9. The molecule has 94 valence electrons. The Kier molecular flexibility index (Phi) is 3.97. The SMILES string of the molecule is COC(=O)[C@@H](OC)[C@@H]1N(C(C)C)CC1(C)C. The lowest BCUT2D eigenvalue weighted by Gasteiger charge is -2.57. The molecule has 16 heavy (non-hydrogen) atoms. The number of nitrogens with zero attached hydrogens (tertiary/aromatic N) is 1. The van der Waals surface area contributed by atoms with Crippen LogP contribution in [-0.2, 0) is 14.3 Å². The lowest BCUT2D eigenvalue weighted by atomic mass is 9.71. The molecule has 1 aliphatic heterocycles. The third-order valence-electron chi connectivity index (χ3n) is 3.39. The average molecular weight is 229 g/mol. The van der Waals surface area contributed by atoms with Crippen LogP contribution in [0, 0.1) is 5.41 Å².